The second-order valence-electron chi connectivity index (χ2n) is 4.43. The summed E-state index contributed by atoms with van der Waals surface area (Å²) in [7, 11) is 0. The minimum absolute atomic E-state index is 0.0140. The monoisotopic (exact) mass is 288 g/mol. The van der Waals surface area contributed by atoms with E-state index in [2.05, 4.69) is 23.7 Å². The lowest BCUT2D eigenvalue weighted by molar-refractivity contribution is 0.0299. The maximum absolute atomic E-state index is 11.5. The molecule has 2 unspecified atom stereocenters. The predicted octanol–water partition coefficient (Wildman–Crippen LogP) is 2.57. The van der Waals surface area contributed by atoms with Crippen molar-refractivity contribution in [2.24, 2.45) is 0 Å². The smallest absolute Gasteiger partial charge is 0.196 e. The predicted molar refractivity (Wildman–Crippen MR) is 74.0 cm³/mol. The number of carbonyl (C=O) groups excluding carboxylic acids is 1. The molecule has 1 aromatic rings. The van der Waals surface area contributed by atoms with E-state index < -0.39 is 0 Å². The van der Waals surface area contributed by atoms with Gasteiger partial charge in [-0.25, -0.2) is 4.98 Å². The number of morpholine rings is 1. The molecule has 100 valence electrons. The van der Waals surface area contributed by atoms with Crippen LogP contribution in [0, 0.1) is 0 Å². The van der Waals surface area contributed by atoms with Crippen molar-refractivity contribution in [2.75, 3.05) is 23.9 Å². The Hall–Kier alpha value is -0.650. The number of aromatic nitrogens is 1. The van der Waals surface area contributed by atoms with Crippen LogP contribution in [0.4, 0.5) is 5.13 Å². The van der Waals surface area contributed by atoms with Crippen molar-refractivity contribution in [2.45, 2.75) is 32.4 Å². The standard InChI is InChI=1S/C12H17ClN2O2S/c1-3-9-6-17-8(2)5-15(9)12-14-10(7-18-12)11(16)4-13/h7-9H,3-6H2,1-2H3. The summed E-state index contributed by atoms with van der Waals surface area (Å²) in [6, 6.07) is 0.339. The molecule has 0 spiro atoms. The van der Waals surface area contributed by atoms with Gasteiger partial charge in [0.15, 0.2) is 10.9 Å². The highest BCUT2D eigenvalue weighted by molar-refractivity contribution is 7.14. The van der Waals surface area contributed by atoms with Gasteiger partial charge in [-0.05, 0) is 13.3 Å². The number of halogens is 1. The van der Waals surface area contributed by atoms with Crippen LogP contribution in [0.15, 0.2) is 5.38 Å². The summed E-state index contributed by atoms with van der Waals surface area (Å²) in [5, 5.41) is 2.68. The number of carbonyl (C=O) groups is 1. The third-order valence-electron chi connectivity index (χ3n) is 3.08. The van der Waals surface area contributed by atoms with E-state index in [1.807, 2.05) is 0 Å². The van der Waals surface area contributed by atoms with Crippen LogP contribution in [-0.2, 0) is 4.74 Å². The molecular formula is C12H17ClN2O2S. The quantitative estimate of drug-likeness (QED) is 0.631. The Kier molecular flexibility index (Phi) is 4.59. The molecule has 1 aromatic heterocycles. The number of anilines is 1. The average molecular weight is 289 g/mol. The molecule has 2 atom stereocenters. The van der Waals surface area contributed by atoms with E-state index in [4.69, 9.17) is 16.3 Å². The van der Waals surface area contributed by atoms with Gasteiger partial charge in [-0.1, -0.05) is 6.92 Å². The van der Waals surface area contributed by atoms with Crippen molar-refractivity contribution in [3.63, 3.8) is 0 Å². The number of thiazole rings is 1. The highest BCUT2D eigenvalue weighted by Gasteiger charge is 2.28. The summed E-state index contributed by atoms with van der Waals surface area (Å²) in [5.74, 6) is -0.131. The number of ketones is 1. The van der Waals surface area contributed by atoms with E-state index in [-0.39, 0.29) is 17.8 Å². The normalized spacial score (nSPS) is 24.3. The average Bonchev–Trinajstić information content (AvgIpc) is 2.87. The minimum Gasteiger partial charge on any atom is -0.375 e. The molecule has 2 rings (SSSR count). The molecule has 18 heavy (non-hydrogen) atoms. The maximum atomic E-state index is 11.5. The van der Waals surface area contributed by atoms with Gasteiger partial charge in [0.05, 0.1) is 24.6 Å². The van der Waals surface area contributed by atoms with Crippen LogP contribution in [0.5, 0.6) is 0 Å². The van der Waals surface area contributed by atoms with E-state index >= 15 is 0 Å². The molecule has 0 saturated carbocycles. The van der Waals surface area contributed by atoms with Gasteiger partial charge >= 0.3 is 0 Å². The largest absolute Gasteiger partial charge is 0.375 e. The van der Waals surface area contributed by atoms with Crippen molar-refractivity contribution in [3.05, 3.63) is 11.1 Å². The zero-order valence-corrected chi connectivity index (χ0v) is 12.1. The van der Waals surface area contributed by atoms with Gasteiger partial charge in [0.1, 0.15) is 5.69 Å². The summed E-state index contributed by atoms with van der Waals surface area (Å²) < 4.78 is 5.66. The fraction of sp³-hybridized carbons (Fsp3) is 0.667. The summed E-state index contributed by atoms with van der Waals surface area (Å²) >= 11 is 7.04. The van der Waals surface area contributed by atoms with Crippen LogP contribution in [-0.4, -0.2) is 41.9 Å². The second-order valence-corrected chi connectivity index (χ2v) is 5.53. The third-order valence-corrected chi connectivity index (χ3v) is 4.20. The second kappa shape index (κ2) is 5.99. The summed E-state index contributed by atoms with van der Waals surface area (Å²) in [6.45, 7) is 5.73. The van der Waals surface area contributed by atoms with Crippen LogP contribution in [0.2, 0.25) is 0 Å². The molecule has 0 amide bonds. The Labute approximate surface area is 116 Å². The Morgan fingerprint density at radius 2 is 2.50 bits per heavy atom. The van der Waals surface area contributed by atoms with E-state index in [0.717, 1.165) is 24.7 Å². The molecule has 0 N–H and O–H groups in total. The van der Waals surface area contributed by atoms with Crippen LogP contribution < -0.4 is 4.90 Å². The van der Waals surface area contributed by atoms with Crippen molar-refractivity contribution < 1.29 is 9.53 Å². The van der Waals surface area contributed by atoms with E-state index in [9.17, 15) is 4.79 Å². The topological polar surface area (TPSA) is 42.4 Å². The number of Topliss-reactive ketones (excluding diaryl/α,β-unsaturated/α-hetero) is 1. The van der Waals surface area contributed by atoms with Gasteiger partial charge in [0, 0.05) is 11.9 Å². The van der Waals surface area contributed by atoms with Gasteiger partial charge in [0.25, 0.3) is 0 Å². The van der Waals surface area contributed by atoms with Gasteiger partial charge in [-0.3, -0.25) is 4.79 Å². The zero-order valence-electron chi connectivity index (χ0n) is 10.6. The number of rotatable bonds is 4. The SMILES string of the molecule is CCC1COC(C)CN1c1nc(C(=O)CCl)cs1. The molecule has 4 nitrogen and oxygen atoms in total. The fourth-order valence-electron chi connectivity index (χ4n) is 2.01. The summed E-state index contributed by atoms with van der Waals surface area (Å²) in [5.41, 5.74) is 0.471. The lowest BCUT2D eigenvalue weighted by atomic mass is 10.1. The van der Waals surface area contributed by atoms with E-state index in [0.29, 0.717) is 11.7 Å². The molecular weight excluding hydrogens is 272 g/mol. The molecule has 6 heteroatoms. The van der Waals surface area contributed by atoms with E-state index in [1.165, 1.54) is 11.3 Å². The van der Waals surface area contributed by atoms with Crippen LogP contribution in [0.1, 0.15) is 30.8 Å². The molecule has 0 aliphatic carbocycles. The zero-order chi connectivity index (χ0) is 13.1. The van der Waals surface area contributed by atoms with Gasteiger partial charge in [-0.2, -0.15) is 0 Å². The van der Waals surface area contributed by atoms with Crippen LogP contribution >= 0.6 is 22.9 Å². The van der Waals surface area contributed by atoms with Crippen molar-refractivity contribution in [3.8, 4) is 0 Å². The van der Waals surface area contributed by atoms with Crippen molar-refractivity contribution >= 4 is 33.9 Å². The summed E-state index contributed by atoms with van der Waals surface area (Å²) in [6.07, 6.45) is 1.20. The Balaban J connectivity index is 2.17. The first-order chi connectivity index (χ1) is 8.65. The Morgan fingerprint density at radius 3 is 3.17 bits per heavy atom. The molecule has 0 radical (unpaired) electrons. The van der Waals surface area contributed by atoms with E-state index in [1.54, 1.807) is 5.38 Å². The third kappa shape index (κ3) is 2.84. The first-order valence-corrected chi connectivity index (χ1v) is 7.50. The molecule has 1 aliphatic heterocycles. The molecule has 1 fully saturated rings. The number of hydrogen-bond acceptors (Lipinski definition) is 5. The maximum Gasteiger partial charge on any atom is 0.196 e. The Morgan fingerprint density at radius 1 is 1.72 bits per heavy atom. The number of ether oxygens (including phenoxy) is 1. The Bertz CT molecular complexity index is 424. The van der Waals surface area contributed by atoms with Crippen molar-refractivity contribution in [1.82, 2.24) is 4.98 Å². The number of alkyl halides is 1. The van der Waals surface area contributed by atoms with Gasteiger partial charge < -0.3 is 9.64 Å². The number of hydrogen-bond donors (Lipinski definition) is 0. The molecule has 0 bridgehead atoms. The minimum atomic E-state index is -0.117. The molecule has 0 aromatic carbocycles. The van der Waals surface area contributed by atoms with Crippen LogP contribution in [0.25, 0.3) is 0 Å². The first kappa shape index (κ1) is 13.8. The highest BCUT2D eigenvalue weighted by atomic mass is 35.5. The van der Waals surface area contributed by atoms with Crippen molar-refractivity contribution in [1.29, 1.82) is 0 Å². The molecule has 1 saturated heterocycles. The van der Waals surface area contributed by atoms with Gasteiger partial charge in [-0.15, -0.1) is 22.9 Å². The lowest BCUT2D eigenvalue weighted by Gasteiger charge is -2.38. The van der Waals surface area contributed by atoms with Gasteiger partial charge in [0.2, 0.25) is 0 Å². The summed E-state index contributed by atoms with van der Waals surface area (Å²) in [4.78, 5) is 18.1. The first-order valence-electron chi connectivity index (χ1n) is 6.08. The lowest BCUT2D eigenvalue weighted by Crippen LogP contribution is -2.48. The molecule has 2 heterocycles. The highest BCUT2D eigenvalue weighted by Crippen LogP contribution is 2.27. The van der Waals surface area contributed by atoms with Crippen LogP contribution in [0.3, 0.4) is 0 Å². The fourth-order valence-corrected chi connectivity index (χ4v) is 3.06. The number of nitrogens with zero attached hydrogens (tertiary/aromatic N) is 2. The molecule has 1 aliphatic rings.